The van der Waals surface area contributed by atoms with Crippen LogP contribution in [0.3, 0.4) is 0 Å². The molecule has 0 radical (unpaired) electrons. The fourth-order valence-corrected chi connectivity index (χ4v) is 5.26. The summed E-state index contributed by atoms with van der Waals surface area (Å²) in [5, 5.41) is 0. The normalized spacial score (nSPS) is 15.5. The molecule has 1 aliphatic heterocycles. The van der Waals surface area contributed by atoms with Gasteiger partial charge in [-0.05, 0) is 54.8 Å². The number of benzene rings is 2. The van der Waals surface area contributed by atoms with Crippen molar-refractivity contribution in [3.05, 3.63) is 72.7 Å². The molecule has 6 nitrogen and oxygen atoms in total. The summed E-state index contributed by atoms with van der Waals surface area (Å²) in [6.45, 7) is 0.590. The molecule has 0 saturated carbocycles. The second-order valence-electron chi connectivity index (χ2n) is 7.98. The number of ether oxygens (including phenoxy) is 1. The number of rotatable bonds is 6. The number of sulfonamides is 1. The lowest BCUT2D eigenvalue weighted by Gasteiger charge is -2.31. The van der Waals surface area contributed by atoms with Gasteiger partial charge in [0, 0.05) is 38.9 Å². The Labute approximate surface area is 188 Å². The Morgan fingerprint density at radius 1 is 0.969 bits per heavy atom. The molecule has 0 N–H and O–H groups in total. The van der Waals surface area contributed by atoms with Gasteiger partial charge in [0.2, 0.25) is 10.0 Å². The Morgan fingerprint density at radius 3 is 2.22 bits per heavy atom. The molecule has 2 aromatic carbocycles. The van der Waals surface area contributed by atoms with E-state index in [2.05, 4.69) is 4.98 Å². The molecule has 1 fully saturated rings. The highest BCUT2D eigenvalue weighted by atomic mass is 32.2. The summed E-state index contributed by atoms with van der Waals surface area (Å²) in [5.41, 5.74) is 2.06. The highest BCUT2D eigenvalue weighted by molar-refractivity contribution is 7.89. The minimum atomic E-state index is -3.84. The molecule has 3 aromatic rings. The smallest absolute Gasteiger partial charge is 0.245 e. The number of halogens is 1. The summed E-state index contributed by atoms with van der Waals surface area (Å²) in [5.74, 6) is 0.914. The molecular weight excluding hydrogens is 429 g/mol. The van der Waals surface area contributed by atoms with Crippen LogP contribution in [0.5, 0.6) is 5.75 Å². The second kappa shape index (κ2) is 9.26. The lowest BCUT2D eigenvalue weighted by molar-refractivity contribution is 0.135. The third-order valence-electron chi connectivity index (χ3n) is 5.55. The molecule has 32 heavy (non-hydrogen) atoms. The van der Waals surface area contributed by atoms with Crippen molar-refractivity contribution in [3.63, 3.8) is 0 Å². The van der Waals surface area contributed by atoms with Crippen LogP contribution in [0.2, 0.25) is 0 Å². The maximum atomic E-state index is 14.0. The van der Waals surface area contributed by atoms with Crippen molar-refractivity contribution in [3.8, 4) is 16.9 Å². The topological polar surface area (TPSA) is 62.7 Å². The standard InChI is InChI=1S/C24H26FN3O3S/c1-27(2)24-12-9-19(17-26-24)18-7-10-20(11-8-18)31-21-13-15-28(16-14-21)32(29,30)23-6-4-3-5-22(23)25/h3-12,17,21H,13-16H2,1-2H3. The summed E-state index contributed by atoms with van der Waals surface area (Å²) in [7, 11) is 0.0648. The zero-order valence-corrected chi connectivity index (χ0v) is 18.9. The monoisotopic (exact) mass is 455 g/mol. The van der Waals surface area contributed by atoms with E-state index in [1.54, 1.807) is 0 Å². The van der Waals surface area contributed by atoms with E-state index in [9.17, 15) is 12.8 Å². The zero-order valence-electron chi connectivity index (χ0n) is 18.1. The van der Waals surface area contributed by atoms with Gasteiger partial charge < -0.3 is 9.64 Å². The fraction of sp³-hybridized carbons (Fsp3) is 0.292. The molecule has 2 heterocycles. The first-order valence-corrected chi connectivity index (χ1v) is 11.9. The van der Waals surface area contributed by atoms with Gasteiger partial charge in [0.15, 0.2) is 0 Å². The van der Waals surface area contributed by atoms with Crippen LogP contribution in [0.15, 0.2) is 71.8 Å². The SMILES string of the molecule is CN(C)c1ccc(-c2ccc(OC3CCN(S(=O)(=O)c4ccccc4F)CC3)cc2)cn1. The maximum Gasteiger partial charge on any atom is 0.245 e. The minimum Gasteiger partial charge on any atom is -0.490 e. The number of pyridine rings is 1. The Balaban J connectivity index is 1.36. The molecule has 1 aromatic heterocycles. The lowest BCUT2D eigenvalue weighted by atomic mass is 10.1. The largest absolute Gasteiger partial charge is 0.490 e. The first kappa shape index (κ1) is 22.2. The van der Waals surface area contributed by atoms with E-state index in [0.29, 0.717) is 25.9 Å². The van der Waals surface area contributed by atoms with Gasteiger partial charge in [-0.3, -0.25) is 0 Å². The molecule has 1 aliphatic rings. The second-order valence-corrected chi connectivity index (χ2v) is 9.88. The Kier molecular flexibility index (Phi) is 6.43. The third kappa shape index (κ3) is 4.76. The van der Waals surface area contributed by atoms with Crippen molar-refractivity contribution in [2.45, 2.75) is 23.8 Å². The van der Waals surface area contributed by atoms with Gasteiger partial charge in [0.25, 0.3) is 0 Å². The molecule has 1 saturated heterocycles. The van der Waals surface area contributed by atoms with Gasteiger partial charge in [0.05, 0.1) is 0 Å². The molecule has 168 valence electrons. The Bertz CT molecular complexity index is 1160. The van der Waals surface area contributed by atoms with E-state index in [0.717, 1.165) is 22.7 Å². The van der Waals surface area contributed by atoms with Crippen LogP contribution in [0.1, 0.15) is 12.8 Å². The quantitative estimate of drug-likeness (QED) is 0.558. The third-order valence-corrected chi connectivity index (χ3v) is 7.48. The minimum absolute atomic E-state index is 0.0889. The van der Waals surface area contributed by atoms with E-state index in [-0.39, 0.29) is 11.0 Å². The van der Waals surface area contributed by atoms with Gasteiger partial charge >= 0.3 is 0 Å². The van der Waals surface area contributed by atoms with Crippen LogP contribution >= 0.6 is 0 Å². The van der Waals surface area contributed by atoms with Crippen LogP contribution in [-0.4, -0.2) is 51.0 Å². The zero-order chi connectivity index (χ0) is 22.7. The molecule has 0 amide bonds. The van der Waals surface area contributed by atoms with E-state index >= 15 is 0 Å². The van der Waals surface area contributed by atoms with Gasteiger partial charge in [-0.2, -0.15) is 4.31 Å². The summed E-state index contributed by atoms with van der Waals surface area (Å²) >= 11 is 0. The lowest BCUT2D eigenvalue weighted by Crippen LogP contribution is -2.41. The van der Waals surface area contributed by atoms with Crippen LogP contribution in [0.4, 0.5) is 10.2 Å². The number of anilines is 1. The van der Waals surface area contributed by atoms with Crippen LogP contribution in [-0.2, 0) is 10.0 Å². The fourth-order valence-electron chi connectivity index (χ4n) is 3.72. The van der Waals surface area contributed by atoms with Crippen LogP contribution in [0.25, 0.3) is 11.1 Å². The number of nitrogens with zero attached hydrogens (tertiary/aromatic N) is 3. The summed E-state index contributed by atoms with van der Waals surface area (Å²) in [6.07, 6.45) is 2.85. The Morgan fingerprint density at radius 2 is 1.62 bits per heavy atom. The number of hydrogen-bond donors (Lipinski definition) is 0. The van der Waals surface area contributed by atoms with Gasteiger partial charge in [-0.15, -0.1) is 0 Å². The molecule has 0 bridgehead atoms. The molecule has 0 atom stereocenters. The molecular formula is C24H26FN3O3S. The van der Waals surface area contributed by atoms with Gasteiger partial charge in [0.1, 0.15) is 28.4 Å². The predicted molar refractivity (Wildman–Crippen MR) is 123 cm³/mol. The molecule has 0 aliphatic carbocycles. The average molecular weight is 456 g/mol. The van der Waals surface area contributed by atoms with E-state index < -0.39 is 15.8 Å². The molecule has 0 spiro atoms. The first-order chi connectivity index (χ1) is 15.3. The van der Waals surface area contributed by atoms with E-state index in [4.69, 9.17) is 4.74 Å². The highest BCUT2D eigenvalue weighted by Crippen LogP contribution is 2.27. The summed E-state index contributed by atoms with van der Waals surface area (Å²) in [6, 6.07) is 17.3. The summed E-state index contributed by atoms with van der Waals surface area (Å²) < 4.78 is 46.9. The summed E-state index contributed by atoms with van der Waals surface area (Å²) in [4.78, 5) is 6.12. The van der Waals surface area contributed by atoms with E-state index in [1.807, 2.05) is 61.6 Å². The highest BCUT2D eigenvalue weighted by Gasteiger charge is 2.31. The number of piperidine rings is 1. The van der Waals surface area contributed by atoms with Crippen LogP contribution in [0, 0.1) is 5.82 Å². The predicted octanol–water partition coefficient (Wildman–Crippen LogP) is 4.19. The van der Waals surface area contributed by atoms with Crippen molar-refractivity contribution >= 4 is 15.8 Å². The van der Waals surface area contributed by atoms with Crippen molar-refractivity contribution in [1.82, 2.24) is 9.29 Å². The van der Waals surface area contributed by atoms with Crippen molar-refractivity contribution in [2.75, 3.05) is 32.1 Å². The van der Waals surface area contributed by atoms with Crippen LogP contribution < -0.4 is 9.64 Å². The first-order valence-electron chi connectivity index (χ1n) is 10.5. The molecule has 0 unspecified atom stereocenters. The Hall–Kier alpha value is -2.97. The van der Waals surface area contributed by atoms with Gasteiger partial charge in [-0.25, -0.2) is 17.8 Å². The average Bonchev–Trinajstić information content (AvgIpc) is 2.80. The van der Waals surface area contributed by atoms with E-state index in [1.165, 1.54) is 28.6 Å². The number of aromatic nitrogens is 1. The van der Waals surface area contributed by atoms with Crippen molar-refractivity contribution in [1.29, 1.82) is 0 Å². The maximum absolute atomic E-state index is 14.0. The van der Waals surface area contributed by atoms with Crippen molar-refractivity contribution < 1.29 is 17.5 Å². The molecule has 4 rings (SSSR count). The molecule has 8 heteroatoms. The number of hydrogen-bond acceptors (Lipinski definition) is 5. The van der Waals surface area contributed by atoms with Gasteiger partial charge in [-0.1, -0.05) is 24.3 Å². The van der Waals surface area contributed by atoms with Crippen molar-refractivity contribution in [2.24, 2.45) is 0 Å².